The minimum Gasteiger partial charge on any atom is -0.366 e. The highest BCUT2D eigenvalue weighted by Gasteiger charge is 2.31. The monoisotopic (exact) mass is 348 g/mol. The lowest BCUT2D eigenvalue weighted by atomic mass is 10.1. The highest BCUT2D eigenvalue weighted by atomic mass is 15.3. The smallest absolute Gasteiger partial charge is 0.159 e. The lowest BCUT2D eigenvalue weighted by Crippen LogP contribution is -2.45. The van der Waals surface area contributed by atoms with Gasteiger partial charge in [-0.25, -0.2) is 4.98 Å². The number of fused-ring (bicyclic) bond motifs is 2. The third-order valence-corrected chi connectivity index (χ3v) is 5.50. The van der Waals surface area contributed by atoms with Crippen molar-refractivity contribution in [2.45, 2.75) is 31.8 Å². The molecule has 26 heavy (non-hydrogen) atoms. The van der Waals surface area contributed by atoms with E-state index >= 15 is 0 Å². The largest absolute Gasteiger partial charge is 0.366 e. The van der Waals surface area contributed by atoms with Crippen LogP contribution in [-0.2, 0) is 13.0 Å². The van der Waals surface area contributed by atoms with Gasteiger partial charge in [-0.15, -0.1) is 0 Å². The molecule has 2 N–H and O–H groups in total. The third-order valence-electron chi connectivity index (χ3n) is 5.50. The molecule has 0 spiro atoms. The Kier molecular flexibility index (Phi) is 3.97. The molecule has 2 aliphatic rings. The van der Waals surface area contributed by atoms with Crippen LogP contribution >= 0.6 is 0 Å². The van der Waals surface area contributed by atoms with Crippen LogP contribution < -0.4 is 15.5 Å². The number of aromatic nitrogens is 3. The van der Waals surface area contributed by atoms with E-state index in [2.05, 4.69) is 51.0 Å². The highest BCUT2D eigenvalue weighted by Crippen LogP contribution is 2.35. The lowest BCUT2D eigenvalue weighted by Gasteiger charge is -2.33. The summed E-state index contributed by atoms with van der Waals surface area (Å²) in [6.45, 7) is 4.02. The molecule has 2 aromatic heterocycles. The number of nitrogens with one attached hydrogen (secondary N) is 2. The fourth-order valence-corrected chi connectivity index (χ4v) is 4.19. The van der Waals surface area contributed by atoms with Gasteiger partial charge in [0.2, 0.25) is 0 Å². The number of rotatable bonds is 4. The van der Waals surface area contributed by atoms with Gasteiger partial charge >= 0.3 is 0 Å². The van der Waals surface area contributed by atoms with Gasteiger partial charge in [-0.3, -0.25) is 0 Å². The van der Waals surface area contributed by atoms with Crippen LogP contribution in [-0.4, -0.2) is 40.3 Å². The first-order valence-electron chi connectivity index (χ1n) is 9.52. The number of nitrogens with zero attached hydrogens (tertiary/aromatic N) is 4. The maximum Gasteiger partial charge on any atom is 0.159 e. The van der Waals surface area contributed by atoms with E-state index in [1.807, 2.05) is 16.8 Å². The molecule has 134 valence electrons. The summed E-state index contributed by atoms with van der Waals surface area (Å²) in [5.74, 6) is 2.23. The van der Waals surface area contributed by atoms with Crippen molar-refractivity contribution in [3.8, 4) is 0 Å². The van der Waals surface area contributed by atoms with Crippen LogP contribution in [0.4, 0.5) is 11.6 Å². The van der Waals surface area contributed by atoms with Crippen LogP contribution in [0, 0.1) is 0 Å². The predicted octanol–water partition coefficient (Wildman–Crippen LogP) is 2.46. The average Bonchev–Trinajstić information content (AvgIpc) is 3.33. The van der Waals surface area contributed by atoms with Crippen molar-refractivity contribution in [2.75, 3.05) is 29.9 Å². The van der Waals surface area contributed by atoms with Crippen LogP contribution in [0.5, 0.6) is 0 Å². The summed E-state index contributed by atoms with van der Waals surface area (Å²) >= 11 is 0. The van der Waals surface area contributed by atoms with E-state index in [1.54, 1.807) is 0 Å². The van der Waals surface area contributed by atoms with Crippen molar-refractivity contribution in [3.63, 3.8) is 0 Å². The second-order valence-corrected chi connectivity index (χ2v) is 7.15. The summed E-state index contributed by atoms with van der Waals surface area (Å²) in [4.78, 5) is 7.45. The number of piperidine rings is 1. The summed E-state index contributed by atoms with van der Waals surface area (Å²) in [7, 11) is 0. The van der Waals surface area contributed by atoms with Gasteiger partial charge in [-0.05, 0) is 31.4 Å². The highest BCUT2D eigenvalue weighted by molar-refractivity contribution is 5.68. The fourth-order valence-electron chi connectivity index (χ4n) is 4.19. The Morgan fingerprint density at radius 2 is 2.12 bits per heavy atom. The molecule has 0 aliphatic carbocycles. The molecular formula is C20H24N6. The molecule has 0 radical (unpaired) electrons. The summed E-state index contributed by atoms with van der Waals surface area (Å²) in [5.41, 5.74) is 3.47. The summed E-state index contributed by atoms with van der Waals surface area (Å²) in [5, 5.41) is 11.7. The lowest BCUT2D eigenvalue weighted by molar-refractivity contribution is 0.436. The molecule has 5 rings (SSSR count). The van der Waals surface area contributed by atoms with Gasteiger partial charge in [0.1, 0.15) is 11.6 Å². The molecule has 1 aromatic carbocycles. The van der Waals surface area contributed by atoms with Gasteiger partial charge in [0, 0.05) is 37.3 Å². The van der Waals surface area contributed by atoms with Crippen molar-refractivity contribution in [3.05, 3.63) is 53.7 Å². The number of anilines is 2. The van der Waals surface area contributed by atoms with Crippen molar-refractivity contribution in [1.82, 2.24) is 19.9 Å². The Morgan fingerprint density at radius 1 is 1.19 bits per heavy atom. The molecule has 1 unspecified atom stereocenters. The van der Waals surface area contributed by atoms with Gasteiger partial charge in [0.05, 0.1) is 6.20 Å². The zero-order valence-corrected chi connectivity index (χ0v) is 14.9. The molecule has 4 heterocycles. The molecule has 0 amide bonds. The van der Waals surface area contributed by atoms with Crippen LogP contribution in [0.15, 0.2) is 42.6 Å². The van der Waals surface area contributed by atoms with Crippen molar-refractivity contribution in [2.24, 2.45) is 0 Å². The van der Waals surface area contributed by atoms with E-state index in [1.165, 1.54) is 24.0 Å². The van der Waals surface area contributed by atoms with Crippen molar-refractivity contribution in [1.29, 1.82) is 0 Å². The van der Waals surface area contributed by atoms with E-state index in [4.69, 9.17) is 4.98 Å². The molecule has 1 saturated heterocycles. The Balaban J connectivity index is 1.50. The van der Waals surface area contributed by atoms with Crippen molar-refractivity contribution < 1.29 is 0 Å². The van der Waals surface area contributed by atoms with E-state index in [9.17, 15) is 0 Å². The minimum atomic E-state index is 0.546. The maximum atomic E-state index is 4.95. The molecule has 0 saturated carbocycles. The summed E-state index contributed by atoms with van der Waals surface area (Å²) in [6.07, 6.45) is 5.33. The Morgan fingerprint density at radius 3 is 2.96 bits per heavy atom. The van der Waals surface area contributed by atoms with Crippen molar-refractivity contribution >= 4 is 17.3 Å². The first-order chi connectivity index (χ1) is 12.9. The quantitative estimate of drug-likeness (QED) is 0.758. The molecule has 3 aromatic rings. The second kappa shape index (κ2) is 6.61. The van der Waals surface area contributed by atoms with Gasteiger partial charge < -0.3 is 15.5 Å². The number of hydrogen-bond acceptors (Lipinski definition) is 5. The topological polar surface area (TPSA) is 57.5 Å². The van der Waals surface area contributed by atoms with E-state index in [0.717, 1.165) is 49.9 Å². The Bertz CT molecular complexity index is 897. The summed E-state index contributed by atoms with van der Waals surface area (Å²) in [6, 6.07) is 13.0. The molecule has 1 atom stereocenters. The van der Waals surface area contributed by atoms with Gasteiger partial charge in [0.25, 0.3) is 0 Å². The molecule has 6 nitrogen and oxygen atoms in total. The maximum absolute atomic E-state index is 4.95. The number of benzene rings is 1. The zero-order valence-electron chi connectivity index (χ0n) is 14.9. The van der Waals surface area contributed by atoms with Crippen LogP contribution in [0.3, 0.4) is 0 Å². The predicted molar refractivity (Wildman–Crippen MR) is 104 cm³/mol. The van der Waals surface area contributed by atoms with E-state index in [0.29, 0.717) is 6.04 Å². The second-order valence-electron chi connectivity index (χ2n) is 7.15. The van der Waals surface area contributed by atoms with Gasteiger partial charge in [0.15, 0.2) is 5.65 Å². The van der Waals surface area contributed by atoms with Gasteiger partial charge in [-0.1, -0.05) is 30.3 Å². The average molecular weight is 348 g/mol. The number of hydrogen-bond donors (Lipinski definition) is 2. The van der Waals surface area contributed by atoms with Crippen LogP contribution in [0.25, 0.3) is 5.65 Å². The SMILES string of the molecule is c1ccc(CNc2c3c(nc4ccnn24)N(C2CCCNC2)CC3)cc1. The summed E-state index contributed by atoms with van der Waals surface area (Å²) < 4.78 is 1.95. The van der Waals surface area contributed by atoms with Crippen LogP contribution in [0.2, 0.25) is 0 Å². The molecule has 1 fully saturated rings. The van der Waals surface area contributed by atoms with E-state index in [-0.39, 0.29) is 0 Å². The first kappa shape index (κ1) is 15.6. The minimum absolute atomic E-state index is 0.546. The normalized spacial score (nSPS) is 19.7. The standard InChI is InChI=1S/C20H24N6/c1-2-5-15(6-3-1)13-22-19-17-9-12-25(16-7-4-10-21-14-16)20(17)24-18-8-11-23-26(18)19/h1-3,5-6,8,11,16,21-22H,4,7,9-10,12-14H2. The fraction of sp³-hybridized carbons (Fsp3) is 0.400. The zero-order chi connectivity index (χ0) is 17.3. The molecule has 2 aliphatic heterocycles. The molecular weight excluding hydrogens is 324 g/mol. The van der Waals surface area contributed by atoms with Crippen LogP contribution in [0.1, 0.15) is 24.0 Å². The Labute approximate surface area is 153 Å². The first-order valence-corrected chi connectivity index (χ1v) is 9.52. The van der Waals surface area contributed by atoms with Gasteiger partial charge in [-0.2, -0.15) is 9.61 Å². The molecule has 6 heteroatoms. The van der Waals surface area contributed by atoms with E-state index < -0.39 is 0 Å². The molecule has 0 bridgehead atoms. The Hall–Kier alpha value is -2.60. The third kappa shape index (κ3) is 2.70.